The van der Waals surface area contributed by atoms with Crippen LogP contribution in [0.15, 0.2) is 0 Å². The van der Waals surface area contributed by atoms with Gasteiger partial charge in [0.25, 0.3) is 0 Å². The number of amides is 1. The van der Waals surface area contributed by atoms with Crippen LogP contribution in [0.25, 0.3) is 0 Å². The molecule has 1 N–H and O–H groups in total. The summed E-state index contributed by atoms with van der Waals surface area (Å²) >= 11 is 0. The maximum Gasteiger partial charge on any atom is 0.210 e. The Morgan fingerprint density at radius 3 is 3.27 bits per heavy atom. The van der Waals surface area contributed by atoms with Crippen molar-refractivity contribution in [3.8, 4) is 0 Å². The van der Waals surface area contributed by atoms with E-state index in [-0.39, 0.29) is 6.04 Å². The number of hydrogen-bond donors (Lipinski definition) is 1. The summed E-state index contributed by atoms with van der Waals surface area (Å²) in [6, 6.07) is 0.214. The van der Waals surface area contributed by atoms with E-state index in [9.17, 15) is 4.79 Å². The van der Waals surface area contributed by atoms with Crippen LogP contribution in [0.1, 0.15) is 0 Å². The molecule has 0 radical (unpaired) electrons. The summed E-state index contributed by atoms with van der Waals surface area (Å²) in [7, 11) is 1.87. The molecule has 0 aromatic carbocycles. The van der Waals surface area contributed by atoms with E-state index in [0.717, 1.165) is 19.5 Å². The number of carbonyl (C=O) groups excluding carboxylic acids is 1. The number of nitrogens with zero attached hydrogens (tertiary/aromatic N) is 1. The van der Waals surface area contributed by atoms with E-state index in [1.54, 1.807) is 4.90 Å². The van der Waals surface area contributed by atoms with Crippen LogP contribution in [0, 0.1) is 0 Å². The zero-order valence-electron chi connectivity index (χ0n) is 6.75. The molecule has 64 valence electrons. The van der Waals surface area contributed by atoms with Crippen molar-refractivity contribution in [2.45, 2.75) is 6.04 Å². The van der Waals surface area contributed by atoms with Gasteiger partial charge in [-0.15, -0.1) is 0 Å². The summed E-state index contributed by atoms with van der Waals surface area (Å²) in [6.45, 7) is 2.84. The van der Waals surface area contributed by atoms with Crippen molar-refractivity contribution in [1.29, 1.82) is 0 Å². The molecule has 4 heteroatoms. The summed E-state index contributed by atoms with van der Waals surface area (Å²) in [5.74, 6) is 0. The van der Waals surface area contributed by atoms with Crippen LogP contribution in [-0.2, 0) is 9.53 Å². The van der Waals surface area contributed by atoms with E-state index in [4.69, 9.17) is 4.74 Å². The van der Waals surface area contributed by atoms with E-state index in [2.05, 4.69) is 5.32 Å². The molecule has 4 nitrogen and oxygen atoms in total. The maximum atomic E-state index is 10.5. The highest BCUT2D eigenvalue weighted by molar-refractivity contribution is 5.48. The molecule has 0 unspecified atom stereocenters. The largest absolute Gasteiger partial charge is 0.377 e. The maximum absolute atomic E-state index is 10.5. The summed E-state index contributed by atoms with van der Waals surface area (Å²) in [4.78, 5) is 12.3. The first-order chi connectivity index (χ1) is 5.38. The molecule has 11 heavy (non-hydrogen) atoms. The van der Waals surface area contributed by atoms with Crippen LogP contribution in [0.3, 0.4) is 0 Å². The van der Waals surface area contributed by atoms with Crippen molar-refractivity contribution >= 4 is 6.41 Å². The number of nitrogens with one attached hydrogen (secondary N) is 1. The first kappa shape index (κ1) is 8.49. The fraction of sp³-hybridized carbons (Fsp3) is 0.857. The monoisotopic (exact) mass is 158 g/mol. The minimum atomic E-state index is 0.214. The minimum absolute atomic E-state index is 0.214. The van der Waals surface area contributed by atoms with Crippen molar-refractivity contribution in [2.75, 3.05) is 33.4 Å². The Kier molecular flexibility index (Phi) is 3.32. The van der Waals surface area contributed by atoms with E-state index in [1.165, 1.54) is 0 Å². The Morgan fingerprint density at radius 1 is 1.82 bits per heavy atom. The lowest BCUT2D eigenvalue weighted by Crippen LogP contribution is -2.49. The van der Waals surface area contributed by atoms with Gasteiger partial charge in [-0.1, -0.05) is 0 Å². The molecular weight excluding hydrogens is 144 g/mol. The van der Waals surface area contributed by atoms with Crippen LogP contribution < -0.4 is 5.32 Å². The van der Waals surface area contributed by atoms with Crippen LogP contribution in [0.4, 0.5) is 0 Å². The van der Waals surface area contributed by atoms with E-state index in [0.29, 0.717) is 13.2 Å². The highest BCUT2D eigenvalue weighted by atomic mass is 16.5. The number of rotatable bonds is 3. The molecule has 1 aliphatic rings. The molecule has 0 aromatic rings. The van der Waals surface area contributed by atoms with Gasteiger partial charge in [0.1, 0.15) is 0 Å². The Balaban J connectivity index is 2.37. The molecule has 1 amide bonds. The van der Waals surface area contributed by atoms with Gasteiger partial charge in [0.05, 0.1) is 19.3 Å². The lowest BCUT2D eigenvalue weighted by Gasteiger charge is -2.32. The lowest BCUT2D eigenvalue weighted by atomic mass is 10.2. The predicted octanol–water partition coefficient (Wildman–Crippen LogP) is -0.937. The average Bonchev–Trinajstić information content (AvgIpc) is 2.06. The topological polar surface area (TPSA) is 41.6 Å². The highest BCUT2D eigenvalue weighted by Gasteiger charge is 2.19. The third kappa shape index (κ3) is 2.17. The van der Waals surface area contributed by atoms with Gasteiger partial charge in [-0.05, 0) is 7.05 Å². The van der Waals surface area contributed by atoms with Gasteiger partial charge in [0.15, 0.2) is 0 Å². The van der Waals surface area contributed by atoms with Gasteiger partial charge in [-0.25, -0.2) is 0 Å². The molecule has 0 spiro atoms. The average molecular weight is 158 g/mol. The number of likely N-dealkylation sites (N-methyl/N-ethyl adjacent to an activating group) is 1. The van der Waals surface area contributed by atoms with Gasteiger partial charge in [-0.3, -0.25) is 4.79 Å². The van der Waals surface area contributed by atoms with Crippen molar-refractivity contribution in [2.24, 2.45) is 0 Å². The van der Waals surface area contributed by atoms with Crippen molar-refractivity contribution in [3.63, 3.8) is 0 Å². The van der Waals surface area contributed by atoms with Crippen LogP contribution in [0.2, 0.25) is 0 Å². The third-order valence-electron chi connectivity index (χ3n) is 1.85. The molecule has 1 heterocycles. The number of carbonyl (C=O) groups is 1. The molecular formula is C7H14N2O2. The normalized spacial score (nSPS) is 25.2. The first-order valence-electron chi connectivity index (χ1n) is 3.82. The fourth-order valence-corrected chi connectivity index (χ4v) is 1.22. The van der Waals surface area contributed by atoms with Crippen LogP contribution >= 0.6 is 0 Å². The Labute approximate surface area is 66.5 Å². The fourth-order valence-electron chi connectivity index (χ4n) is 1.22. The molecule has 0 bridgehead atoms. The van der Waals surface area contributed by atoms with Crippen molar-refractivity contribution < 1.29 is 9.53 Å². The van der Waals surface area contributed by atoms with Gasteiger partial charge >= 0.3 is 0 Å². The summed E-state index contributed by atoms with van der Waals surface area (Å²) in [5, 5.41) is 3.02. The second kappa shape index (κ2) is 4.31. The van der Waals surface area contributed by atoms with Crippen molar-refractivity contribution in [3.05, 3.63) is 0 Å². The Bertz CT molecular complexity index is 128. The predicted molar refractivity (Wildman–Crippen MR) is 41.3 cm³/mol. The second-order valence-corrected chi connectivity index (χ2v) is 2.63. The standard InChI is InChI=1S/C7H14N2O2/c1-8-4-7-5-11-3-2-9(7)6-10/h6-8H,2-5H2,1H3/t7-/m1/s1. The summed E-state index contributed by atoms with van der Waals surface area (Å²) in [6.07, 6.45) is 0.893. The Morgan fingerprint density at radius 2 is 2.64 bits per heavy atom. The van der Waals surface area contributed by atoms with Gasteiger partial charge in [-0.2, -0.15) is 0 Å². The minimum Gasteiger partial charge on any atom is -0.377 e. The van der Waals surface area contributed by atoms with Crippen molar-refractivity contribution in [1.82, 2.24) is 10.2 Å². The van der Waals surface area contributed by atoms with Crippen LogP contribution in [0.5, 0.6) is 0 Å². The molecule has 0 aromatic heterocycles. The molecule has 1 fully saturated rings. The smallest absolute Gasteiger partial charge is 0.210 e. The molecule has 0 saturated carbocycles. The number of morpholine rings is 1. The number of ether oxygens (including phenoxy) is 1. The van der Waals surface area contributed by atoms with Gasteiger partial charge in [0, 0.05) is 13.1 Å². The third-order valence-corrected chi connectivity index (χ3v) is 1.85. The summed E-state index contributed by atoms with van der Waals surface area (Å²) < 4.78 is 5.23. The number of hydrogen-bond acceptors (Lipinski definition) is 3. The van der Waals surface area contributed by atoms with E-state index < -0.39 is 0 Å². The molecule has 1 rings (SSSR count). The van der Waals surface area contributed by atoms with Gasteiger partial charge < -0.3 is 15.0 Å². The quantitative estimate of drug-likeness (QED) is 0.539. The Hall–Kier alpha value is -0.610. The SMILES string of the molecule is CNC[C@@H]1COCCN1C=O. The first-order valence-corrected chi connectivity index (χ1v) is 3.82. The second-order valence-electron chi connectivity index (χ2n) is 2.63. The van der Waals surface area contributed by atoms with Gasteiger partial charge in [0.2, 0.25) is 6.41 Å². The highest BCUT2D eigenvalue weighted by Crippen LogP contribution is 2.02. The zero-order valence-corrected chi connectivity index (χ0v) is 6.75. The lowest BCUT2D eigenvalue weighted by molar-refractivity contribution is -0.125. The molecule has 1 aliphatic heterocycles. The molecule has 0 aliphatic carbocycles. The molecule has 1 saturated heterocycles. The zero-order chi connectivity index (χ0) is 8.10. The summed E-state index contributed by atoms with van der Waals surface area (Å²) in [5.41, 5.74) is 0. The van der Waals surface area contributed by atoms with Crippen LogP contribution in [-0.4, -0.2) is 50.7 Å². The van der Waals surface area contributed by atoms with E-state index >= 15 is 0 Å². The van der Waals surface area contributed by atoms with E-state index in [1.807, 2.05) is 7.05 Å². The molecule has 1 atom stereocenters.